The van der Waals surface area contributed by atoms with Crippen LogP contribution in [0.1, 0.15) is 29.8 Å². The maximum Gasteiger partial charge on any atom is 0.233 e. The van der Waals surface area contributed by atoms with Crippen molar-refractivity contribution < 1.29 is 4.79 Å². The molecule has 0 saturated carbocycles. The van der Waals surface area contributed by atoms with Gasteiger partial charge in [0.15, 0.2) is 5.82 Å². The van der Waals surface area contributed by atoms with Gasteiger partial charge in [-0.2, -0.15) is 5.10 Å². The highest BCUT2D eigenvalue weighted by Crippen LogP contribution is 2.26. The van der Waals surface area contributed by atoms with Crippen LogP contribution in [-0.4, -0.2) is 43.7 Å². The van der Waals surface area contributed by atoms with Crippen molar-refractivity contribution in [1.82, 2.24) is 24.7 Å². The minimum atomic E-state index is -0.151. The van der Waals surface area contributed by atoms with E-state index in [1.165, 1.54) is 0 Å². The molecular formula is C27H29N7O. The largest absolute Gasteiger partial charge is 0.356 e. The Morgan fingerprint density at radius 2 is 1.80 bits per heavy atom. The monoisotopic (exact) mass is 467 g/mol. The Labute approximate surface area is 205 Å². The second-order valence-electron chi connectivity index (χ2n) is 8.96. The zero-order valence-corrected chi connectivity index (χ0v) is 20.1. The Morgan fingerprint density at radius 1 is 1.00 bits per heavy atom. The number of hydrogen-bond acceptors (Lipinski definition) is 6. The zero-order valence-electron chi connectivity index (χ0n) is 20.1. The minimum Gasteiger partial charge on any atom is -0.356 e. The lowest BCUT2D eigenvalue weighted by atomic mass is 9.96. The van der Waals surface area contributed by atoms with Crippen LogP contribution < -0.4 is 9.80 Å². The van der Waals surface area contributed by atoms with E-state index in [1.54, 1.807) is 12.5 Å². The number of hydrogen-bond donors (Lipinski definition) is 0. The van der Waals surface area contributed by atoms with Gasteiger partial charge >= 0.3 is 0 Å². The van der Waals surface area contributed by atoms with Crippen molar-refractivity contribution in [2.45, 2.75) is 33.2 Å². The highest BCUT2D eigenvalue weighted by atomic mass is 16.2. The number of pyridine rings is 1. The lowest BCUT2D eigenvalue weighted by Gasteiger charge is -2.35. The Kier molecular flexibility index (Phi) is 6.52. The highest BCUT2D eigenvalue weighted by Gasteiger charge is 2.31. The lowest BCUT2D eigenvalue weighted by molar-refractivity contribution is -0.122. The highest BCUT2D eigenvalue weighted by molar-refractivity contribution is 5.94. The molecule has 1 amide bonds. The summed E-state index contributed by atoms with van der Waals surface area (Å²) in [6.45, 7) is 5.92. The molecule has 0 bridgehead atoms. The molecule has 8 nitrogen and oxygen atoms in total. The maximum absolute atomic E-state index is 13.8. The Bertz CT molecular complexity index is 1290. The summed E-state index contributed by atoms with van der Waals surface area (Å²) >= 11 is 0. The number of benzene rings is 1. The van der Waals surface area contributed by atoms with Crippen molar-refractivity contribution >= 4 is 17.5 Å². The molecule has 0 N–H and O–H groups in total. The molecule has 5 rings (SSSR count). The molecule has 8 heteroatoms. The van der Waals surface area contributed by atoms with Crippen molar-refractivity contribution in [3.05, 3.63) is 90.1 Å². The molecule has 1 aliphatic heterocycles. The van der Waals surface area contributed by atoms with Crippen molar-refractivity contribution in [1.29, 1.82) is 0 Å². The molecule has 35 heavy (non-hydrogen) atoms. The molecule has 1 unspecified atom stereocenters. The van der Waals surface area contributed by atoms with Gasteiger partial charge in [0.1, 0.15) is 18.0 Å². The number of nitrogens with zero attached hydrogens (tertiary/aromatic N) is 7. The van der Waals surface area contributed by atoms with Crippen LogP contribution in [-0.2, 0) is 11.3 Å². The molecule has 1 atom stereocenters. The van der Waals surface area contributed by atoms with E-state index in [0.29, 0.717) is 18.9 Å². The Balaban J connectivity index is 1.38. The molecule has 1 saturated heterocycles. The number of carbonyl (C=O) groups excluding carboxylic acids is 1. The summed E-state index contributed by atoms with van der Waals surface area (Å²) in [5.41, 5.74) is 3.04. The molecule has 1 fully saturated rings. The lowest BCUT2D eigenvalue weighted by Crippen LogP contribution is -2.45. The topological polar surface area (TPSA) is 80.0 Å². The van der Waals surface area contributed by atoms with Crippen molar-refractivity contribution in [2.24, 2.45) is 5.92 Å². The van der Waals surface area contributed by atoms with Crippen molar-refractivity contribution in [3.8, 4) is 5.82 Å². The SMILES string of the molecule is Cc1cc(C)n(-c2cc(N3CCCC(C(=O)N(Cc4ccccc4)c4ccccn4)C3)ncn2)n1. The van der Waals surface area contributed by atoms with E-state index in [9.17, 15) is 4.79 Å². The van der Waals surface area contributed by atoms with E-state index >= 15 is 0 Å². The van der Waals surface area contributed by atoms with Gasteiger partial charge in [-0.25, -0.2) is 19.6 Å². The molecular weight excluding hydrogens is 438 g/mol. The first kappa shape index (κ1) is 22.7. The predicted molar refractivity (Wildman–Crippen MR) is 135 cm³/mol. The van der Waals surface area contributed by atoms with Gasteiger partial charge < -0.3 is 4.90 Å². The van der Waals surface area contributed by atoms with Crippen LogP contribution in [0.15, 0.2) is 73.2 Å². The molecule has 0 aliphatic carbocycles. The summed E-state index contributed by atoms with van der Waals surface area (Å²) in [7, 11) is 0. The van der Waals surface area contributed by atoms with Crippen LogP contribution in [0.2, 0.25) is 0 Å². The van der Waals surface area contributed by atoms with Crippen LogP contribution in [0.25, 0.3) is 5.82 Å². The fourth-order valence-corrected chi connectivity index (χ4v) is 4.65. The minimum absolute atomic E-state index is 0.0880. The van der Waals surface area contributed by atoms with Gasteiger partial charge in [0, 0.05) is 31.0 Å². The summed E-state index contributed by atoms with van der Waals surface area (Å²) < 4.78 is 1.83. The summed E-state index contributed by atoms with van der Waals surface area (Å²) in [6.07, 6.45) is 5.05. The van der Waals surface area contributed by atoms with Gasteiger partial charge in [0.05, 0.1) is 18.2 Å². The Morgan fingerprint density at radius 3 is 2.54 bits per heavy atom. The molecule has 0 spiro atoms. The first-order valence-corrected chi connectivity index (χ1v) is 12.0. The third-order valence-electron chi connectivity index (χ3n) is 6.33. The van der Waals surface area contributed by atoms with Gasteiger partial charge in [0.2, 0.25) is 5.91 Å². The average Bonchev–Trinajstić information content (AvgIpc) is 3.26. The first-order chi connectivity index (χ1) is 17.1. The number of carbonyl (C=O) groups is 1. The van der Waals surface area contributed by atoms with Gasteiger partial charge in [-0.1, -0.05) is 36.4 Å². The number of piperidine rings is 1. The van der Waals surface area contributed by atoms with Gasteiger partial charge in [0.25, 0.3) is 0 Å². The van der Waals surface area contributed by atoms with Crippen LogP contribution in [0, 0.1) is 19.8 Å². The molecule has 0 radical (unpaired) electrons. The molecule has 1 aliphatic rings. The quantitative estimate of drug-likeness (QED) is 0.424. The molecule has 1 aromatic carbocycles. The van der Waals surface area contributed by atoms with Gasteiger partial charge in [-0.3, -0.25) is 9.69 Å². The summed E-state index contributed by atoms with van der Waals surface area (Å²) in [5.74, 6) is 2.15. The van der Waals surface area contributed by atoms with Gasteiger partial charge in [-0.05, 0) is 50.5 Å². The number of aromatic nitrogens is 5. The fourth-order valence-electron chi connectivity index (χ4n) is 4.65. The summed E-state index contributed by atoms with van der Waals surface area (Å²) in [6, 6.07) is 19.7. The standard InChI is InChI=1S/C27H29N7O/c1-20-15-21(2)34(31-20)26-16-25(29-19-30-26)32-14-8-11-23(18-32)27(35)33(24-12-6-7-13-28-24)17-22-9-4-3-5-10-22/h3-7,9-10,12-13,15-16,19,23H,8,11,14,17-18H2,1-2H3. The third kappa shape index (κ3) is 5.06. The first-order valence-electron chi connectivity index (χ1n) is 12.0. The second-order valence-corrected chi connectivity index (χ2v) is 8.96. The van der Waals surface area contributed by atoms with Crippen molar-refractivity contribution in [2.75, 3.05) is 22.9 Å². The second kappa shape index (κ2) is 10.0. The van der Waals surface area contributed by atoms with Crippen molar-refractivity contribution in [3.63, 3.8) is 0 Å². The molecule has 4 heterocycles. The fraction of sp³-hybridized carbons (Fsp3) is 0.296. The number of anilines is 2. The number of amides is 1. The average molecular weight is 468 g/mol. The van der Waals surface area contributed by atoms with E-state index in [2.05, 4.69) is 25.0 Å². The van der Waals surface area contributed by atoms with E-state index in [1.807, 2.05) is 84.1 Å². The third-order valence-corrected chi connectivity index (χ3v) is 6.33. The van der Waals surface area contributed by atoms with Crippen LogP contribution in [0.4, 0.5) is 11.6 Å². The Hall–Kier alpha value is -4.07. The molecule has 4 aromatic rings. The summed E-state index contributed by atoms with van der Waals surface area (Å²) in [4.78, 5) is 31.3. The number of rotatable bonds is 6. The van der Waals surface area contributed by atoms with Crippen LogP contribution in [0.3, 0.4) is 0 Å². The smallest absolute Gasteiger partial charge is 0.233 e. The normalized spacial score (nSPS) is 15.7. The van der Waals surface area contributed by atoms with E-state index in [4.69, 9.17) is 0 Å². The van der Waals surface area contributed by atoms with E-state index in [-0.39, 0.29) is 11.8 Å². The maximum atomic E-state index is 13.8. The summed E-state index contributed by atoms with van der Waals surface area (Å²) in [5, 5.41) is 4.55. The van der Waals surface area contributed by atoms with E-state index in [0.717, 1.165) is 48.0 Å². The zero-order chi connectivity index (χ0) is 24.2. The molecule has 178 valence electrons. The van der Waals surface area contributed by atoms with E-state index < -0.39 is 0 Å². The van der Waals surface area contributed by atoms with Crippen LogP contribution >= 0.6 is 0 Å². The predicted octanol–water partition coefficient (Wildman–Crippen LogP) is 4.12. The van der Waals surface area contributed by atoms with Gasteiger partial charge in [-0.15, -0.1) is 0 Å². The number of aryl methyl sites for hydroxylation is 2. The van der Waals surface area contributed by atoms with Crippen LogP contribution in [0.5, 0.6) is 0 Å². The molecule has 3 aromatic heterocycles.